The van der Waals surface area contributed by atoms with Crippen LogP contribution in [0.4, 0.5) is 0 Å². The van der Waals surface area contributed by atoms with Crippen LogP contribution in [0.1, 0.15) is 26.2 Å². The van der Waals surface area contributed by atoms with Gasteiger partial charge in [0.1, 0.15) is 6.54 Å². The van der Waals surface area contributed by atoms with E-state index in [4.69, 9.17) is 4.74 Å². The number of hydrogen-bond acceptors (Lipinski definition) is 7. The molecule has 0 aromatic carbocycles. The van der Waals surface area contributed by atoms with Gasteiger partial charge < -0.3 is 10.1 Å². The number of esters is 1. The zero-order valence-electron chi connectivity index (χ0n) is 14.9. The van der Waals surface area contributed by atoms with Gasteiger partial charge in [-0.25, -0.2) is 8.42 Å². The first-order chi connectivity index (χ1) is 12.7. The number of carbonyl (C=O) groups excluding carboxylic acids is 4. The molecule has 148 valence electrons. The van der Waals surface area contributed by atoms with Crippen LogP contribution in [0.5, 0.6) is 0 Å². The SMILES string of the molecule is C[C@@H](OC(=O)CN1C(=O)[C@H]2CC=CC[C@H]2C1=O)C(=O)N[C@H]1CCS(=O)(=O)C1. The number of carbonyl (C=O) groups is 4. The summed E-state index contributed by atoms with van der Waals surface area (Å²) in [6.45, 7) is 0.827. The predicted octanol–water partition coefficient (Wildman–Crippen LogP) is -0.827. The van der Waals surface area contributed by atoms with Gasteiger partial charge >= 0.3 is 5.97 Å². The highest BCUT2D eigenvalue weighted by Gasteiger charge is 2.48. The number of nitrogens with zero attached hydrogens (tertiary/aromatic N) is 1. The second-order valence-corrected chi connectivity index (χ2v) is 9.39. The Labute approximate surface area is 157 Å². The number of rotatable bonds is 5. The van der Waals surface area contributed by atoms with Gasteiger partial charge in [-0.2, -0.15) is 0 Å². The highest BCUT2D eigenvalue weighted by atomic mass is 32.2. The van der Waals surface area contributed by atoms with Crippen LogP contribution in [-0.4, -0.2) is 67.2 Å². The van der Waals surface area contributed by atoms with Crippen molar-refractivity contribution in [3.05, 3.63) is 12.2 Å². The summed E-state index contributed by atoms with van der Waals surface area (Å²) in [4.78, 5) is 49.7. The van der Waals surface area contributed by atoms with Crippen molar-refractivity contribution in [2.24, 2.45) is 11.8 Å². The smallest absolute Gasteiger partial charge is 0.326 e. The Balaban J connectivity index is 1.51. The Bertz CT molecular complexity index is 778. The molecule has 2 aliphatic heterocycles. The van der Waals surface area contributed by atoms with Crippen molar-refractivity contribution in [1.29, 1.82) is 0 Å². The minimum absolute atomic E-state index is 0.0164. The molecule has 0 radical (unpaired) electrons. The zero-order valence-corrected chi connectivity index (χ0v) is 15.7. The summed E-state index contributed by atoms with van der Waals surface area (Å²) in [5, 5.41) is 2.54. The van der Waals surface area contributed by atoms with E-state index < -0.39 is 52.2 Å². The Hall–Kier alpha value is -2.23. The lowest BCUT2D eigenvalue weighted by Crippen LogP contribution is -2.44. The van der Waals surface area contributed by atoms with Crippen LogP contribution in [-0.2, 0) is 33.8 Å². The van der Waals surface area contributed by atoms with Gasteiger partial charge in [0.15, 0.2) is 15.9 Å². The van der Waals surface area contributed by atoms with E-state index in [2.05, 4.69) is 5.32 Å². The van der Waals surface area contributed by atoms with E-state index in [9.17, 15) is 27.6 Å². The van der Waals surface area contributed by atoms with Crippen LogP contribution >= 0.6 is 0 Å². The lowest BCUT2D eigenvalue weighted by molar-refractivity contribution is -0.159. The number of fused-ring (bicyclic) bond motifs is 1. The van der Waals surface area contributed by atoms with Crippen molar-refractivity contribution in [3.8, 4) is 0 Å². The van der Waals surface area contributed by atoms with Crippen molar-refractivity contribution >= 4 is 33.5 Å². The first-order valence-corrected chi connectivity index (χ1v) is 10.7. The molecule has 9 nitrogen and oxygen atoms in total. The van der Waals surface area contributed by atoms with Gasteiger partial charge in [-0.3, -0.25) is 24.1 Å². The fourth-order valence-corrected chi connectivity index (χ4v) is 5.34. The number of ether oxygens (including phenoxy) is 1. The molecule has 0 spiro atoms. The van der Waals surface area contributed by atoms with Gasteiger partial charge in [0.25, 0.3) is 5.91 Å². The molecule has 3 amide bonds. The normalized spacial score (nSPS) is 30.1. The first-order valence-electron chi connectivity index (χ1n) is 8.88. The van der Waals surface area contributed by atoms with E-state index in [1.807, 2.05) is 12.2 Å². The lowest BCUT2D eigenvalue weighted by atomic mass is 9.85. The Morgan fingerprint density at radius 3 is 2.33 bits per heavy atom. The topological polar surface area (TPSA) is 127 Å². The molecule has 4 atom stereocenters. The number of allylic oxidation sites excluding steroid dienone is 2. The van der Waals surface area contributed by atoms with E-state index in [1.165, 1.54) is 6.92 Å². The molecule has 0 unspecified atom stereocenters. The molecule has 27 heavy (non-hydrogen) atoms. The minimum atomic E-state index is -3.14. The third kappa shape index (κ3) is 4.20. The second kappa shape index (κ2) is 7.41. The quantitative estimate of drug-likeness (QED) is 0.364. The number of nitrogens with one attached hydrogen (secondary N) is 1. The maximum Gasteiger partial charge on any atom is 0.326 e. The molecule has 1 N–H and O–H groups in total. The van der Waals surface area contributed by atoms with Crippen LogP contribution < -0.4 is 5.32 Å². The largest absolute Gasteiger partial charge is 0.451 e. The third-order valence-corrected chi connectivity index (χ3v) is 6.91. The molecular weight excluding hydrogens is 376 g/mol. The Kier molecular flexibility index (Phi) is 5.36. The summed E-state index contributed by atoms with van der Waals surface area (Å²) in [6, 6.07) is -0.499. The summed E-state index contributed by atoms with van der Waals surface area (Å²) in [5.74, 6) is -3.22. The molecule has 0 bridgehead atoms. The van der Waals surface area contributed by atoms with E-state index in [0.717, 1.165) is 4.90 Å². The summed E-state index contributed by atoms with van der Waals surface area (Å²) in [5.41, 5.74) is 0. The average Bonchev–Trinajstić information content (AvgIpc) is 3.07. The number of amides is 3. The highest BCUT2D eigenvalue weighted by Crippen LogP contribution is 2.34. The number of sulfone groups is 1. The molecule has 0 aromatic heterocycles. The monoisotopic (exact) mass is 398 g/mol. The van der Waals surface area contributed by atoms with Crippen molar-refractivity contribution in [2.75, 3.05) is 18.1 Å². The van der Waals surface area contributed by atoms with Gasteiger partial charge in [-0.05, 0) is 26.2 Å². The molecule has 0 aromatic rings. The summed E-state index contributed by atoms with van der Waals surface area (Å²) >= 11 is 0. The fourth-order valence-electron chi connectivity index (χ4n) is 3.67. The van der Waals surface area contributed by atoms with E-state index >= 15 is 0 Å². The van der Waals surface area contributed by atoms with Crippen LogP contribution in [0, 0.1) is 11.8 Å². The second-order valence-electron chi connectivity index (χ2n) is 7.16. The fraction of sp³-hybridized carbons (Fsp3) is 0.647. The van der Waals surface area contributed by atoms with Crippen molar-refractivity contribution in [1.82, 2.24) is 10.2 Å². The molecule has 10 heteroatoms. The average molecular weight is 398 g/mol. The zero-order chi connectivity index (χ0) is 19.8. The van der Waals surface area contributed by atoms with E-state index in [0.29, 0.717) is 19.3 Å². The first kappa shape index (κ1) is 19.5. The highest BCUT2D eigenvalue weighted by molar-refractivity contribution is 7.91. The summed E-state index contributed by atoms with van der Waals surface area (Å²) < 4.78 is 27.9. The van der Waals surface area contributed by atoms with Gasteiger partial charge in [-0.15, -0.1) is 0 Å². The lowest BCUT2D eigenvalue weighted by Gasteiger charge is -2.18. The molecule has 2 saturated heterocycles. The summed E-state index contributed by atoms with van der Waals surface area (Å²) in [6.07, 6.45) is 3.82. The third-order valence-electron chi connectivity index (χ3n) is 5.14. The van der Waals surface area contributed by atoms with Crippen molar-refractivity contribution < 1.29 is 32.3 Å². The molecular formula is C17H22N2O7S. The van der Waals surface area contributed by atoms with Crippen LogP contribution in [0.2, 0.25) is 0 Å². The Morgan fingerprint density at radius 2 is 1.81 bits per heavy atom. The van der Waals surface area contributed by atoms with Crippen LogP contribution in [0.3, 0.4) is 0 Å². The predicted molar refractivity (Wildman–Crippen MR) is 92.8 cm³/mol. The Morgan fingerprint density at radius 1 is 1.22 bits per heavy atom. The molecule has 3 rings (SSSR count). The van der Waals surface area contributed by atoms with Gasteiger partial charge in [0.2, 0.25) is 11.8 Å². The number of imide groups is 1. The number of likely N-dealkylation sites (tertiary alicyclic amines) is 1. The van der Waals surface area contributed by atoms with Crippen LogP contribution in [0.25, 0.3) is 0 Å². The molecule has 3 aliphatic rings. The maximum absolute atomic E-state index is 12.3. The van der Waals surface area contributed by atoms with Gasteiger partial charge in [-0.1, -0.05) is 12.2 Å². The standard InChI is InChI=1S/C17H22N2O7S/c1-10(15(21)18-11-6-7-27(24,25)9-11)26-14(20)8-19-16(22)12-4-2-3-5-13(12)17(19)23/h2-3,10-13H,4-9H2,1H3,(H,18,21)/t10-,11+,12-,13+/m1/s1. The minimum Gasteiger partial charge on any atom is -0.451 e. The molecule has 1 aliphatic carbocycles. The van der Waals surface area contributed by atoms with Crippen molar-refractivity contribution in [3.63, 3.8) is 0 Å². The number of hydrogen-bond donors (Lipinski definition) is 1. The maximum atomic E-state index is 12.3. The molecule has 2 fully saturated rings. The summed E-state index contributed by atoms with van der Waals surface area (Å²) in [7, 11) is -3.14. The van der Waals surface area contributed by atoms with E-state index in [-0.39, 0.29) is 23.3 Å². The molecule has 0 saturated carbocycles. The van der Waals surface area contributed by atoms with Gasteiger partial charge in [0.05, 0.1) is 23.3 Å². The van der Waals surface area contributed by atoms with Crippen molar-refractivity contribution in [2.45, 2.75) is 38.3 Å². The van der Waals surface area contributed by atoms with Crippen LogP contribution in [0.15, 0.2) is 12.2 Å². The van der Waals surface area contributed by atoms with E-state index in [1.54, 1.807) is 0 Å². The van der Waals surface area contributed by atoms with Gasteiger partial charge in [0, 0.05) is 6.04 Å². The molecule has 2 heterocycles.